The Morgan fingerprint density at radius 2 is 1.71 bits per heavy atom. The molecule has 356 valence electrons. The van der Waals surface area contributed by atoms with Crippen molar-refractivity contribution < 1.29 is 138 Å². The minimum absolute atomic E-state index is 0. The maximum atomic E-state index is 14.0. The number of aliphatic carboxylic acids is 1. The van der Waals surface area contributed by atoms with Crippen molar-refractivity contribution in [2.75, 3.05) is 51.9 Å². The molecule has 3 unspecified atom stereocenters. The van der Waals surface area contributed by atoms with Crippen LogP contribution in [0.15, 0.2) is 58.5 Å². The van der Waals surface area contributed by atoms with E-state index in [9.17, 15) is 63.0 Å². The number of urea groups is 1. The number of fused-ring (bicyclic) bond motifs is 1. The first-order chi connectivity index (χ1) is 31.0. The third-order valence-corrected chi connectivity index (χ3v) is 12.3. The van der Waals surface area contributed by atoms with Crippen LogP contribution in [0, 0.1) is 0 Å². The van der Waals surface area contributed by atoms with E-state index in [1.54, 1.807) is 0 Å². The van der Waals surface area contributed by atoms with Gasteiger partial charge in [0.15, 0.2) is 0 Å². The number of alkyl halides is 3. The molecule has 3 saturated heterocycles. The number of amides is 4. The van der Waals surface area contributed by atoms with E-state index in [-0.39, 0.29) is 121 Å². The number of rotatable bonds is 23. The van der Waals surface area contributed by atoms with Crippen LogP contribution in [0.25, 0.3) is 6.08 Å². The van der Waals surface area contributed by atoms with Gasteiger partial charge in [-0.2, -0.15) is 24.9 Å². The average Bonchev–Trinajstić information content (AvgIpc) is 3.91. The molecule has 0 aromatic heterocycles. The summed E-state index contributed by atoms with van der Waals surface area (Å²) in [5, 5.41) is 81.8. The van der Waals surface area contributed by atoms with Crippen LogP contribution in [0.5, 0.6) is 11.5 Å². The van der Waals surface area contributed by atoms with Gasteiger partial charge in [0.05, 0.1) is 50.7 Å². The zero-order valence-electron chi connectivity index (χ0n) is 35.4. The molecule has 2 aromatic rings. The second-order valence-electron chi connectivity index (χ2n) is 15.3. The smallest absolute Gasteiger partial charge is 0.872 e. The number of nitrogens with one attached hydrogen (secondary N) is 4. The number of carbonyl (C=O) groups is 4. The van der Waals surface area contributed by atoms with Crippen molar-refractivity contribution in [3.05, 3.63) is 64.9 Å². The monoisotopic (exact) mass is 980 g/mol. The summed E-state index contributed by atoms with van der Waals surface area (Å²) in [6.07, 6.45) is -9.87. The zero-order chi connectivity index (χ0) is 46.9. The van der Waals surface area contributed by atoms with Crippen molar-refractivity contribution in [3.8, 4) is 11.5 Å². The Morgan fingerprint density at radius 3 is 2.38 bits per heavy atom. The van der Waals surface area contributed by atoms with Crippen LogP contribution in [0.4, 0.5) is 18.0 Å². The third kappa shape index (κ3) is 13.1. The first-order valence-electron chi connectivity index (χ1n) is 20.4. The Bertz CT molecular complexity index is 2090. The number of carboxylic acid groups (broad SMARTS) is 1. The van der Waals surface area contributed by atoms with Crippen molar-refractivity contribution in [2.45, 2.75) is 85.2 Å². The van der Waals surface area contributed by atoms with Gasteiger partial charge in [-0.1, -0.05) is 36.8 Å². The van der Waals surface area contributed by atoms with Gasteiger partial charge in [0.25, 0.3) is 12.2 Å². The van der Waals surface area contributed by atoms with Gasteiger partial charge in [-0.15, -0.1) is 16.0 Å². The maximum Gasteiger partial charge on any atom is 1.00 e. The maximum absolute atomic E-state index is 14.0. The van der Waals surface area contributed by atoms with Gasteiger partial charge >= 0.3 is 75.2 Å². The largest absolute Gasteiger partial charge is 1.00 e. The molecular weight excluding hydrogens is 933 g/mol. The summed E-state index contributed by atoms with van der Waals surface area (Å²) >= 11 is 1.82. The molecule has 0 aliphatic carbocycles. The van der Waals surface area contributed by atoms with Crippen LogP contribution in [0.2, 0.25) is 0 Å². The summed E-state index contributed by atoms with van der Waals surface area (Å²) in [5.74, 6) is -4.20. The molecule has 2 aromatic carbocycles. The van der Waals surface area contributed by atoms with Gasteiger partial charge in [-0.25, -0.2) is 9.59 Å². The average molecular weight is 981 g/mol. The molecule has 9 N–H and O–H groups in total. The molecule has 26 heteroatoms. The van der Waals surface area contributed by atoms with Gasteiger partial charge < -0.3 is 75.6 Å². The Balaban J connectivity index is 0.00000817. The van der Waals surface area contributed by atoms with Crippen molar-refractivity contribution in [1.82, 2.24) is 21.3 Å². The summed E-state index contributed by atoms with van der Waals surface area (Å²) in [7, 11) is 0. The standard InChI is InChI=1S/C40H49F3N6O15S.K/c41-40(42,43)39(48-49-39)22-7-10-24(34(55)47-38(59)33(54)32(53)28(19-50)64-36(38)63-27(35(56)57)17-21-5-8-23(51)9-6-21)26(18-22)62-16-15-61-14-13-60-12-11-44-30(52)4-2-1-3-29-31-25(20-65-29)45-37(58)46-31;/h5-10,17-18,25,28-29,31-33,36,50-51,53-54,59H,1-4,11-16,19-20H2,(H,44,52)(H,47,55)(H,56,57)(H2,45,46,58);/q;+1/p-1/b27-17-;/t25?,28-,29?,31?,32+,33+,36-,38-;/m1./s1. The van der Waals surface area contributed by atoms with Crippen LogP contribution in [0.3, 0.4) is 0 Å². The number of carboxylic acids is 1. The number of unbranched alkanes of at least 4 members (excludes halogenated alkanes) is 1. The number of nitrogens with zero attached hydrogens (tertiary/aromatic N) is 2. The number of ether oxygens (including phenoxy) is 5. The summed E-state index contributed by atoms with van der Waals surface area (Å²) in [4.78, 5) is 49.8. The predicted octanol–water partition coefficient (Wildman–Crippen LogP) is -2.80. The second kappa shape index (κ2) is 23.6. The Labute approximate surface area is 421 Å². The number of aliphatic hydroxyl groups excluding tert-OH is 3. The van der Waals surface area contributed by atoms with Gasteiger partial charge in [-0.3, -0.25) is 9.59 Å². The SMILES string of the molecule is O=C(CCCCC1SCC2NC(=O)NC21)NCCOCCOCCOc1cc(C2(C(F)(F)F)N=N2)ccc1C(=O)N[C@]1(O)[C@H](O/C(=C\c2ccc([O-])cc2)C(=O)O)O[C@H](CO)[C@H](O)[C@@H]1O.[K+]. The van der Waals surface area contributed by atoms with Crippen LogP contribution in [-0.2, 0) is 34.2 Å². The Hall–Kier alpha value is -3.64. The van der Waals surface area contributed by atoms with E-state index in [1.165, 1.54) is 12.1 Å². The third-order valence-electron chi connectivity index (χ3n) is 10.8. The molecular formula is C40H48F3KN6O15S. The van der Waals surface area contributed by atoms with E-state index in [1.807, 2.05) is 17.1 Å². The summed E-state index contributed by atoms with van der Waals surface area (Å²) in [5.41, 5.74) is -7.10. The summed E-state index contributed by atoms with van der Waals surface area (Å²) < 4.78 is 69.3. The van der Waals surface area contributed by atoms with Crippen molar-refractivity contribution in [3.63, 3.8) is 0 Å². The number of carbonyl (C=O) groups excluding carboxylic acids is 3. The van der Waals surface area contributed by atoms with E-state index in [4.69, 9.17) is 23.7 Å². The van der Waals surface area contributed by atoms with Gasteiger partial charge in [0.1, 0.15) is 30.7 Å². The summed E-state index contributed by atoms with van der Waals surface area (Å²) in [6, 6.07) is 7.43. The van der Waals surface area contributed by atoms with Crippen LogP contribution in [0.1, 0.15) is 47.2 Å². The van der Waals surface area contributed by atoms with E-state index in [2.05, 4.69) is 26.2 Å². The fraction of sp³-hybridized carbons (Fsp3) is 0.550. The van der Waals surface area contributed by atoms with E-state index < -0.39 is 89.0 Å². The van der Waals surface area contributed by atoms with Crippen LogP contribution in [-0.4, -0.2) is 155 Å². The molecule has 0 spiro atoms. The molecule has 8 atom stereocenters. The normalized spacial score (nSPS) is 26.3. The quantitative estimate of drug-likeness (QED) is 0.0136. The first-order valence-corrected chi connectivity index (χ1v) is 21.5. The topological polar surface area (TPSA) is 311 Å². The molecule has 4 amide bonds. The number of halogens is 3. The molecule has 3 fully saturated rings. The number of hydrogen-bond donors (Lipinski definition) is 9. The van der Waals surface area contributed by atoms with Crippen LogP contribution < -0.4 is 82.5 Å². The fourth-order valence-electron chi connectivity index (χ4n) is 7.22. The second-order valence-corrected chi connectivity index (χ2v) is 16.5. The minimum Gasteiger partial charge on any atom is -0.872 e. The van der Waals surface area contributed by atoms with E-state index in [0.717, 1.165) is 55.0 Å². The van der Waals surface area contributed by atoms with Crippen molar-refractivity contribution in [1.29, 1.82) is 0 Å². The van der Waals surface area contributed by atoms with Crippen molar-refractivity contribution >= 4 is 41.7 Å². The minimum atomic E-state index is -4.97. The van der Waals surface area contributed by atoms with Gasteiger partial charge in [0.2, 0.25) is 17.4 Å². The molecule has 6 rings (SSSR count). The van der Waals surface area contributed by atoms with Crippen LogP contribution >= 0.6 is 11.8 Å². The molecule has 4 aliphatic heterocycles. The molecule has 0 bridgehead atoms. The molecule has 66 heavy (non-hydrogen) atoms. The molecule has 21 nitrogen and oxygen atoms in total. The van der Waals surface area contributed by atoms with Gasteiger partial charge in [0, 0.05) is 29.5 Å². The molecule has 4 aliphatic rings. The Morgan fingerprint density at radius 1 is 1.02 bits per heavy atom. The number of thioether (sulfide) groups is 1. The zero-order valence-corrected chi connectivity index (χ0v) is 39.3. The molecule has 4 heterocycles. The Kier molecular flexibility index (Phi) is 19.0. The van der Waals surface area contributed by atoms with E-state index in [0.29, 0.717) is 18.1 Å². The fourth-order valence-corrected chi connectivity index (χ4v) is 8.76. The summed E-state index contributed by atoms with van der Waals surface area (Å²) in [6.45, 7) is -0.924. The number of aliphatic hydroxyl groups is 4. The number of hydrogen-bond acceptors (Lipinski definition) is 17. The van der Waals surface area contributed by atoms with Crippen molar-refractivity contribution in [2.24, 2.45) is 10.2 Å². The molecule has 0 radical (unpaired) electrons. The van der Waals surface area contributed by atoms with Gasteiger partial charge in [-0.05, 0) is 36.6 Å². The first kappa shape index (κ1) is 53.3. The predicted molar refractivity (Wildman–Crippen MR) is 216 cm³/mol. The molecule has 0 saturated carbocycles. The van der Waals surface area contributed by atoms with E-state index >= 15 is 0 Å². The number of benzene rings is 2.